The van der Waals surface area contributed by atoms with Crippen molar-refractivity contribution in [2.75, 3.05) is 0 Å². The summed E-state index contributed by atoms with van der Waals surface area (Å²) in [6.45, 7) is 2.87. The van der Waals surface area contributed by atoms with Crippen molar-refractivity contribution >= 4 is 40.8 Å². The van der Waals surface area contributed by atoms with Crippen molar-refractivity contribution in [1.82, 2.24) is 4.57 Å². The van der Waals surface area contributed by atoms with Gasteiger partial charge in [0.05, 0.1) is 6.54 Å². The minimum Gasteiger partial charge on any atom is -0.481 e. The monoisotopic (exact) mass is 479 g/mol. The Morgan fingerprint density at radius 2 is 1.74 bits per heavy atom. The molecule has 0 saturated carbocycles. The number of nitrogens with zero attached hydrogens (tertiary/aromatic N) is 2. The molecule has 1 aromatic heterocycles. The molecule has 0 bridgehead atoms. The molecule has 4 rings (SSSR count). The SMILES string of the molecule is CC(=O)O.Clc1cccc(-c2c[n+](Cc3ccc(Cl)cc3Cl)c3n2CCCCCC3)c1. The van der Waals surface area contributed by atoms with Gasteiger partial charge in [-0.05, 0) is 43.5 Å². The Morgan fingerprint density at radius 1 is 1.03 bits per heavy atom. The Balaban J connectivity index is 0.000000628. The highest BCUT2D eigenvalue weighted by atomic mass is 35.5. The normalized spacial score (nSPS) is 13.4. The number of halogens is 3. The lowest BCUT2D eigenvalue weighted by Crippen LogP contribution is -2.38. The number of aromatic nitrogens is 2. The summed E-state index contributed by atoms with van der Waals surface area (Å²) in [6, 6.07) is 13.8. The van der Waals surface area contributed by atoms with Crippen molar-refractivity contribution in [1.29, 1.82) is 0 Å². The van der Waals surface area contributed by atoms with Crippen LogP contribution in [0.5, 0.6) is 0 Å². The molecular formula is C24H26Cl3N2O2+. The van der Waals surface area contributed by atoms with Gasteiger partial charge in [-0.15, -0.1) is 0 Å². The molecule has 3 aromatic rings. The average molecular weight is 481 g/mol. The second kappa shape index (κ2) is 11.0. The molecule has 0 radical (unpaired) electrons. The first-order valence-electron chi connectivity index (χ1n) is 10.4. The Hall–Kier alpha value is -2.01. The topological polar surface area (TPSA) is 46.1 Å². The predicted octanol–water partition coefficient (Wildman–Crippen LogP) is 6.66. The Kier molecular flexibility index (Phi) is 8.42. The van der Waals surface area contributed by atoms with Gasteiger partial charge < -0.3 is 5.11 Å². The van der Waals surface area contributed by atoms with E-state index in [2.05, 4.69) is 21.4 Å². The Labute approximate surface area is 198 Å². The quantitative estimate of drug-likeness (QED) is 0.426. The second-order valence-corrected chi connectivity index (χ2v) is 8.92. The van der Waals surface area contributed by atoms with E-state index in [1.54, 1.807) is 0 Å². The molecule has 0 unspecified atom stereocenters. The number of hydrogen-bond acceptors (Lipinski definition) is 1. The van der Waals surface area contributed by atoms with Crippen molar-refractivity contribution in [2.24, 2.45) is 0 Å². The maximum absolute atomic E-state index is 9.00. The third kappa shape index (κ3) is 6.49. The minimum atomic E-state index is -0.833. The van der Waals surface area contributed by atoms with Crippen LogP contribution in [0.3, 0.4) is 0 Å². The smallest absolute Gasteiger partial charge is 0.300 e. The molecule has 1 N–H and O–H groups in total. The summed E-state index contributed by atoms with van der Waals surface area (Å²) in [4.78, 5) is 9.00. The number of imidazole rings is 1. The summed E-state index contributed by atoms with van der Waals surface area (Å²) in [5, 5.41) is 9.56. The number of rotatable bonds is 3. The van der Waals surface area contributed by atoms with Gasteiger partial charge in [-0.1, -0.05) is 59.4 Å². The molecule has 2 aromatic carbocycles. The first-order chi connectivity index (χ1) is 14.8. The van der Waals surface area contributed by atoms with Crippen molar-refractivity contribution in [3.8, 4) is 11.3 Å². The van der Waals surface area contributed by atoms with Crippen LogP contribution < -0.4 is 4.57 Å². The van der Waals surface area contributed by atoms with Gasteiger partial charge in [-0.25, -0.2) is 9.13 Å². The van der Waals surface area contributed by atoms with E-state index >= 15 is 0 Å². The molecule has 0 saturated heterocycles. The standard InChI is InChI=1S/C22H22Cl3N2.C2H4O2/c23-18-7-5-6-16(12-18)21-15-26(14-17-9-10-19(24)13-20(17)25)22-8-3-1-2-4-11-27(21)22;1-2(3)4/h5-7,9-10,12-13,15H,1-4,8,11,14H2;1H3,(H,3,4)/q+1;. The molecule has 164 valence electrons. The molecule has 0 spiro atoms. The molecule has 4 nitrogen and oxygen atoms in total. The molecule has 0 aliphatic carbocycles. The highest BCUT2D eigenvalue weighted by Gasteiger charge is 2.25. The summed E-state index contributed by atoms with van der Waals surface area (Å²) in [5.74, 6) is 0.524. The lowest BCUT2D eigenvalue weighted by molar-refractivity contribution is -0.695. The zero-order valence-electron chi connectivity index (χ0n) is 17.5. The number of fused-ring (bicyclic) bond motifs is 1. The van der Waals surface area contributed by atoms with E-state index in [-0.39, 0.29) is 0 Å². The zero-order chi connectivity index (χ0) is 22.4. The average Bonchev–Trinajstić information content (AvgIpc) is 2.99. The predicted molar refractivity (Wildman–Crippen MR) is 126 cm³/mol. The maximum atomic E-state index is 9.00. The number of carbonyl (C=O) groups is 1. The van der Waals surface area contributed by atoms with Gasteiger partial charge in [0.25, 0.3) is 11.8 Å². The first kappa shape index (κ1) is 23.6. The van der Waals surface area contributed by atoms with E-state index in [4.69, 9.17) is 44.7 Å². The molecule has 1 aliphatic heterocycles. The lowest BCUT2D eigenvalue weighted by atomic mass is 10.1. The highest BCUT2D eigenvalue weighted by molar-refractivity contribution is 6.35. The second-order valence-electron chi connectivity index (χ2n) is 7.64. The van der Waals surface area contributed by atoms with Crippen LogP contribution in [0.1, 0.15) is 44.0 Å². The van der Waals surface area contributed by atoms with Gasteiger partial charge in [0.15, 0.2) is 5.69 Å². The van der Waals surface area contributed by atoms with Crippen molar-refractivity contribution in [2.45, 2.75) is 52.1 Å². The maximum Gasteiger partial charge on any atom is 0.300 e. The molecule has 7 heteroatoms. The van der Waals surface area contributed by atoms with Gasteiger partial charge in [0.2, 0.25) is 0 Å². The number of benzene rings is 2. The summed E-state index contributed by atoms with van der Waals surface area (Å²) in [7, 11) is 0. The van der Waals surface area contributed by atoms with Crippen molar-refractivity contribution in [3.05, 3.63) is 75.1 Å². The number of carboxylic acid groups (broad SMARTS) is 1. The van der Waals surface area contributed by atoms with Crippen molar-refractivity contribution < 1.29 is 14.5 Å². The Bertz CT molecular complexity index is 1060. The minimum absolute atomic E-state index is 0.667. The van der Waals surface area contributed by atoms with Crippen LogP contribution in [-0.4, -0.2) is 15.6 Å². The van der Waals surface area contributed by atoms with Crippen LogP contribution in [0.15, 0.2) is 48.7 Å². The number of hydrogen-bond donors (Lipinski definition) is 1. The molecule has 0 amide bonds. The fourth-order valence-electron chi connectivity index (χ4n) is 3.87. The van der Waals surface area contributed by atoms with E-state index in [9.17, 15) is 0 Å². The molecule has 0 fully saturated rings. The molecular weight excluding hydrogens is 455 g/mol. The molecule has 2 heterocycles. The van der Waals surface area contributed by atoms with Gasteiger partial charge in [-0.3, -0.25) is 4.79 Å². The largest absolute Gasteiger partial charge is 0.481 e. The third-order valence-electron chi connectivity index (χ3n) is 5.22. The van der Waals surface area contributed by atoms with Crippen molar-refractivity contribution in [3.63, 3.8) is 0 Å². The van der Waals surface area contributed by atoms with E-state index in [1.807, 2.05) is 36.4 Å². The zero-order valence-corrected chi connectivity index (χ0v) is 19.7. The highest BCUT2D eigenvalue weighted by Crippen LogP contribution is 2.27. The van der Waals surface area contributed by atoms with Crippen LogP contribution in [0.4, 0.5) is 0 Å². The van der Waals surface area contributed by atoms with Crippen LogP contribution in [0.2, 0.25) is 15.1 Å². The summed E-state index contributed by atoms with van der Waals surface area (Å²) in [6.07, 6.45) is 8.32. The van der Waals surface area contributed by atoms with Crippen LogP contribution in [0.25, 0.3) is 11.3 Å². The fraction of sp³-hybridized carbons (Fsp3) is 0.333. The fourth-order valence-corrected chi connectivity index (χ4v) is 4.53. The van der Waals surface area contributed by atoms with E-state index in [0.29, 0.717) is 10.0 Å². The van der Waals surface area contributed by atoms with Gasteiger partial charge in [0.1, 0.15) is 12.7 Å². The van der Waals surface area contributed by atoms with Crippen LogP contribution in [0, 0.1) is 0 Å². The Morgan fingerprint density at radius 3 is 2.45 bits per heavy atom. The van der Waals surface area contributed by atoms with E-state index in [0.717, 1.165) is 42.6 Å². The van der Waals surface area contributed by atoms with Gasteiger partial charge in [-0.2, -0.15) is 0 Å². The lowest BCUT2D eigenvalue weighted by Gasteiger charge is -2.11. The van der Waals surface area contributed by atoms with Gasteiger partial charge >= 0.3 is 0 Å². The summed E-state index contributed by atoms with van der Waals surface area (Å²) < 4.78 is 4.81. The molecule has 0 atom stereocenters. The van der Waals surface area contributed by atoms with E-state index < -0.39 is 5.97 Å². The van der Waals surface area contributed by atoms with Crippen LogP contribution in [-0.2, 0) is 24.3 Å². The van der Waals surface area contributed by atoms with Gasteiger partial charge in [0, 0.05) is 39.5 Å². The third-order valence-corrected chi connectivity index (χ3v) is 6.04. The summed E-state index contributed by atoms with van der Waals surface area (Å²) in [5.41, 5.74) is 3.46. The first-order valence-corrected chi connectivity index (χ1v) is 11.5. The van der Waals surface area contributed by atoms with E-state index in [1.165, 1.54) is 37.2 Å². The molecule has 31 heavy (non-hydrogen) atoms. The van der Waals surface area contributed by atoms with Crippen LogP contribution >= 0.6 is 34.8 Å². The number of aliphatic carboxylic acids is 1. The number of carboxylic acids is 1. The summed E-state index contributed by atoms with van der Waals surface area (Å²) >= 11 is 18.8. The molecule has 1 aliphatic rings.